The molecule has 1 N–H and O–H groups in total. The second-order valence-corrected chi connectivity index (χ2v) is 5.30. The van der Waals surface area contributed by atoms with E-state index in [2.05, 4.69) is 10.2 Å². The number of anilines is 1. The number of nitrogens with one attached hydrogen (secondary N) is 1. The van der Waals surface area contributed by atoms with E-state index in [4.69, 9.17) is 0 Å². The summed E-state index contributed by atoms with van der Waals surface area (Å²) in [5.41, 5.74) is -0.372. The van der Waals surface area contributed by atoms with E-state index in [1.807, 2.05) is 6.92 Å². The third kappa shape index (κ3) is 3.87. The van der Waals surface area contributed by atoms with Gasteiger partial charge in [0.2, 0.25) is 0 Å². The summed E-state index contributed by atoms with van der Waals surface area (Å²) >= 11 is 0. The molecule has 1 aromatic carbocycles. The van der Waals surface area contributed by atoms with Crippen LogP contribution >= 0.6 is 0 Å². The molecule has 0 radical (unpaired) electrons. The molecular formula is C14H19F2N3O2. The van der Waals surface area contributed by atoms with Crippen molar-refractivity contribution < 1.29 is 13.7 Å². The standard InChI is InChI=1S/C14H19F2N3O2/c1-10(18-6-2-3-7-18)9-17-13-5-4-11(19(20)21)8-12(13)14(15)16/h4-5,8,10,14,17H,2-3,6-7,9H2,1H3. The number of alkyl halides is 2. The molecule has 5 nitrogen and oxygen atoms in total. The van der Waals surface area contributed by atoms with Crippen LogP contribution in [0.5, 0.6) is 0 Å². The van der Waals surface area contributed by atoms with E-state index in [0.717, 1.165) is 19.2 Å². The Labute approximate surface area is 122 Å². The predicted molar refractivity (Wildman–Crippen MR) is 76.8 cm³/mol. The van der Waals surface area contributed by atoms with Gasteiger partial charge in [0.1, 0.15) is 0 Å². The fraction of sp³-hybridized carbons (Fsp3) is 0.571. The van der Waals surface area contributed by atoms with Crippen LogP contribution in [-0.4, -0.2) is 35.5 Å². The first-order chi connectivity index (χ1) is 9.99. The van der Waals surface area contributed by atoms with Crippen molar-refractivity contribution in [3.63, 3.8) is 0 Å². The molecule has 1 fully saturated rings. The van der Waals surface area contributed by atoms with Crippen molar-refractivity contribution >= 4 is 11.4 Å². The lowest BCUT2D eigenvalue weighted by atomic mass is 10.1. The minimum atomic E-state index is -2.74. The average molecular weight is 299 g/mol. The fourth-order valence-corrected chi connectivity index (χ4v) is 2.57. The molecule has 1 unspecified atom stereocenters. The van der Waals surface area contributed by atoms with Crippen molar-refractivity contribution in [3.8, 4) is 0 Å². The minimum absolute atomic E-state index is 0.244. The number of hydrogen-bond acceptors (Lipinski definition) is 4. The van der Waals surface area contributed by atoms with Crippen LogP contribution in [0, 0.1) is 10.1 Å². The van der Waals surface area contributed by atoms with Crippen LogP contribution in [-0.2, 0) is 0 Å². The highest BCUT2D eigenvalue weighted by Gasteiger charge is 2.20. The van der Waals surface area contributed by atoms with E-state index in [1.54, 1.807) is 0 Å². The Hall–Kier alpha value is -1.76. The smallest absolute Gasteiger partial charge is 0.270 e. The topological polar surface area (TPSA) is 58.4 Å². The highest BCUT2D eigenvalue weighted by Crippen LogP contribution is 2.30. The van der Waals surface area contributed by atoms with Crippen LogP contribution < -0.4 is 5.32 Å². The van der Waals surface area contributed by atoms with Gasteiger partial charge < -0.3 is 5.32 Å². The Morgan fingerprint density at radius 1 is 1.38 bits per heavy atom. The summed E-state index contributed by atoms with van der Waals surface area (Å²) < 4.78 is 26.0. The fourth-order valence-electron chi connectivity index (χ4n) is 2.57. The number of nitrogens with zero attached hydrogens (tertiary/aromatic N) is 2. The molecule has 0 aromatic heterocycles. The predicted octanol–water partition coefficient (Wildman–Crippen LogP) is 3.43. The summed E-state index contributed by atoms with van der Waals surface area (Å²) in [6.45, 7) is 4.65. The van der Waals surface area contributed by atoms with Crippen molar-refractivity contribution in [1.82, 2.24) is 4.90 Å². The molecule has 2 rings (SSSR count). The third-order valence-electron chi connectivity index (χ3n) is 3.83. The highest BCUT2D eigenvalue weighted by atomic mass is 19.3. The van der Waals surface area contributed by atoms with Crippen LogP contribution in [0.2, 0.25) is 0 Å². The molecule has 21 heavy (non-hydrogen) atoms. The molecule has 0 aliphatic carbocycles. The zero-order valence-corrected chi connectivity index (χ0v) is 11.9. The Bertz CT molecular complexity index is 505. The number of rotatable bonds is 6. The summed E-state index contributed by atoms with van der Waals surface area (Å²) in [5.74, 6) is 0. The summed E-state index contributed by atoms with van der Waals surface area (Å²) in [6, 6.07) is 3.78. The maximum absolute atomic E-state index is 13.0. The van der Waals surface area contributed by atoms with Crippen LogP contribution in [0.1, 0.15) is 31.8 Å². The van der Waals surface area contributed by atoms with Crippen LogP contribution in [0.3, 0.4) is 0 Å². The van der Waals surface area contributed by atoms with Gasteiger partial charge in [0, 0.05) is 36.0 Å². The molecule has 116 valence electrons. The highest BCUT2D eigenvalue weighted by molar-refractivity contribution is 5.56. The number of nitro groups is 1. The molecule has 1 aliphatic heterocycles. The van der Waals surface area contributed by atoms with E-state index in [9.17, 15) is 18.9 Å². The van der Waals surface area contributed by atoms with Gasteiger partial charge in [-0.3, -0.25) is 15.0 Å². The normalized spacial score (nSPS) is 17.1. The maximum Gasteiger partial charge on any atom is 0.270 e. The lowest BCUT2D eigenvalue weighted by Crippen LogP contribution is -2.35. The van der Waals surface area contributed by atoms with Crippen molar-refractivity contribution in [2.75, 3.05) is 25.0 Å². The van der Waals surface area contributed by atoms with Gasteiger partial charge in [0.15, 0.2) is 0 Å². The molecule has 1 aliphatic rings. The lowest BCUT2D eigenvalue weighted by molar-refractivity contribution is -0.385. The minimum Gasteiger partial charge on any atom is -0.383 e. The molecule has 0 bridgehead atoms. The number of nitro benzene ring substituents is 1. The molecule has 0 spiro atoms. The van der Waals surface area contributed by atoms with Crippen molar-refractivity contribution in [1.29, 1.82) is 0 Å². The first kappa shape index (κ1) is 15.6. The molecule has 1 aromatic rings. The Kier molecular flexibility index (Phi) is 5.06. The Balaban J connectivity index is 2.06. The largest absolute Gasteiger partial charge is 0.383 e. The second-order valence-electron chi connectivity index (χ2n) is 5.30. The van der Waals surface area contributed by atoms with Gasteiger partial charge in [0.25, 0.3) is 12.1 Å². The number of halogens is 2. The Morgan fingerprint density at radius 3 is 2.62 bits per heavy atom. The van der Waals surface area contributed by atoms with Crippen LogP contribution in [0.4, 0.5) is 20.2 Å². The van der Waals surface area contributed by atoms with Crippen molar-refractivity contribution in [2.24, 2.45) is 0 Å². The van der Waals surface area contributed by atoms with Gasteiger partial charge >= 0.3 is 0 Å². The molecule has 7 heteroatoms. The van der Waals surface area contributed by atoms with Crippen LogP contribution in [0.15, 0.2) is 18.2 Å². The molecule has 1 saturated heterocycles. The van der Waals surface area contributed by atoms with E-state index < -0.39 is 11.3 Å². The molecule has 0 saturated carbocycles. The van der Waals surface area contributed by atoms with Crippen LogP contribution in [0.25, 0.3) is 0 Å². The molecular weight excluding hydrogens is 280 g/mol. The number of likely N-dealkylation sites (tertiary alicyclic amines) is 1. The summed E-state index contributed by atoms with van der Waals surface area (Å²) in [6.07, 6.45) is -0.400. The third-order valence-corrected chi connectivity index (χ3v) is 3.83. The van der Waals surface area contributed by atoms with Gasteiger partial charge in [-0.25, -0.2) is 8.78 Å². The average Bonchev–Trinajstić information content (AvgIpc) is 2.98. The SMILES string of the molecule is CC(CNc1ccc([N+](=O)[O-])cc1C(F)F)N1CCCC1. The summed E-state index contributed by atoms with van der Waals surface area (Å²) in [5, 5.41) is 13.7. The number of benzene rings is 1. The lowest BCUT2D eigenvalue weighted by Gasteiger charge is -2.24. The zero-order chi connectivity index (χ0) is 15.4. The van der Waals surface area contributed by atoms with Gasteiger partial charge in [-0.1, -0.05) is 0 Å². The maximum atomic E-state index is 13.0. The number of hydrogen-bond donors (Lipinski definition) is 1. The van der Waals surface area contributed by atoms with Gasteiger partial charge in [-0.2, -0.15) is 0 Å². The van der Waals surface area contributed by atoms with E-state index >= 15 is 0 Å². The quantitative estimate of drug-likeness (QED) is 0.646. The van der Waals surface area contributed by atoms with E-state index in [1.165, 1.54) is 25.0 Å². The van der Waals surface area contributed by atoms with Gasteiger partial charge in [0.05, 0.1) is 4.92 Å². The van der Waals surface area contributed by atoms with Crippen molar-refractivity contribution in [2.45, 2.75) is 32.2 Å². The first-order valence-electron chi connectivity index (χ1n) is 7.03. The van der Waals surface area contributed by atoms with Gasteiger partial charge in [-0.15, -0.1) is 0 Å². The first-order valence-corrected chi connectivity index (χ1v) is 7.03. The number of non-ortho nitro benzene ring substituents is 1. The monoisotopic (exact) mass is 299 g/mol. The zero-order valence-electron chi connectivity index (χ0n) is 11.9. The summed E-state index contributed by atoms with van der Waals surface area (Å²) in [7, 11) is 0. The van der Waals surface area contributed by atoms with E-state index in [-0.39, 0.29) is 23.0 Å². The summed E-state index contributed by atoms with van der Waals surface area (Å²) in [4.78, 5) is 12.3. The molecule has 0 amide bonds. The molecule has 1 heterocycles. The Morgan fingerprint density at radius 2 is 2.05 bits per heavy atom. The van der Waals surface area contributed by atoms with Crippen molar-refractivity contribution in [3.05, 3.63) is 33.9 Å². The van der Waals surface area contributed by atoms with Gasteiger partial charge in [-0.05, 0) is 38.9 Å². The molecule has 1 atom stereocenters. The second kappa shape index (κ2) is 6.80. The van der Waals surface area contributed by atoms with E-state index in [0.29, 0.717) is 6.54 Å².